The van der Waals surface area contributed by atoms with Gasteiger partial charge in [-0.2, -0.15) is 0 Å². The monoisotopic (exact) mass is 317 g/mol. The van der Waals surface area contributed by atoms with Gasteiger partial charge in [-0.1, -0.05) is 36.4 Å². The van der Waals surface area contributed by atoms with E-state index in [9.17, 15) is 0 Å². The maximum absolute atomic E-state index is 4.81. The van der Waals surface area contributed by atoms with Gasteiger partial charge < -0.3 is 10.2 Å². The molecule has 1 saturated heterocycles. The third kappa shape index (κ3) is 3.12. The van der Waals surface area contributed by atoms with Crippen LogP contribution in [-0.2, 0) is 0 Å². The van der Waals surface area contributed by atoms with Crippen molar-refractivity contribution in [1.82, 2.24) is 20.3 Å². The minimum absolute atomic E-state index is 0.743. The number of hydrogen-bond donors (Lipinski definition) is 1. The van der Waals surface area contributed by atoms with Gasteiger partial charge in [0.25, 0.3) is 0 Å². The molecule has 0 unspecified atom stereocenters. The van der Waals surface area contributed by atoms with Crippen LogP contribution in [0.1, 0.15) is 0 Å². The summed E-state index contributed by atoms with van der Waals surface area (Å²) in [4.78, 5) is 16.3. The van der Waals surface area contributed by atoms with Crippen LogP contribution in [0, 0.1) is 0 Å². The summed E-state index contributed by atoms with van der Waals surface area (Å²) in [7, 11) is 0. The summed E-state index contributed by atoms with van der Waals surface area (Å²) >= 11 is 0. The third-order valence-electron chi connectivity index (χ3n) is 4.11. The van der Waals surface area contributed by atoms with Crippen molar-refractivity contribution in [1.29, 1.82) is 0 Å². The molecule has 5 nitrogen and oxygen atoms in total. The molecular formula is C19H19N5. The van der Waals surface area contributed by atoms with Crippen molar-refractivity contribution in [3.63, 3.8) is 0 Å². The molecule has 1 aliphatic rings. The number of nitrogens with one attached hydrogen (secondary N) is 1. The van der Waals surface area contributed by atoms with E-state index < -0.39 is 0 Å². The molecule has 5 heteroatoms. The SMILES string of the molecule is c1ccc(-c2nc(-c3ccccn3)cc(N3CCNCC3)n2)cc1. The second kappa shape index (κ2) is 6.76. The maximum atomic E-state index is 4.81. The van der Waals surface area contributed by atoms with E-state index in [1.807, 2.05) is 54.6 Å². The number of rotatable bonds is 3. The lowest BCUT2D eigenvalue weighted by atomic mass is 10.2. The van der Waals surface area contributed by atoms with Crippen molar-refractivity contribution < 1.29 is 0 Å². The quantitative estimate of drug-likeness (QED) is 0.805. The fourth-order valence-electron chi connectivity index (χ4n) is 2.85. The van der Waals surface area contributed by atoms with E-state index in [1.165, 1.54) is 0 Å². The Morgan fingerprint density at radius 2 is 1.62 bits per heavy atom. The van der Waals surface area contributed by atoms with Crippen LogP contribution < -0.4 is 10.2 Å². The smallest absolute Gasteiger partial charge is 0.162 e. The van der Waals surface area contributed by atoms with Gasteiger partial charge in [0.05, 0.1) is 11.4 Å². The van der Waals surface area contributed by atoms with Crippen molar-refractivity contribution in [3.05, 3.63) is 60.8 Å². The van der Waals surface area contributed by atoms with Gasteiger partial charge in [-0.25, -0.2) is 9.97 Å². The molecule has 0 spiro atoms. The van der Waals surface area contributed by atoms with Gasteiger partial charge in [0.2, 0.25) is 0 Å². The summed E-state index contributed by atoms with van der Waals surface area (Å²) in [6.07, 6.45) is 1.80. The molecule has 0 aliphatic carbocycles. The summed E-state index contributed by atoms with van der Waals surface area (Å²) < 4.78 is 0. The van der Waals surface area contributed by atoms with Crippen LogP contribution in [0.25, 0.3) is 22.8 Å². The molecule has 1 aromatic carbocycles. The second-order valence-electron chi connectivity index (χ2n) is 5.75. The largest absolute Gasteiger partial charge is 0.354 e. The Labute approximate surface area is 141 Å². The predicted octanol–water partition coefficient (Wildman–Crippen LogP) is 2.62. The Hall–Kier alpha value is -2.79. The average Bonchev–Trinajstić information content (AvgIpc) is 2.70. The average molecular weight is 317 g/mol. The Balaban J connectivity index is 1.81. The number of benzene rings is 1. The standard InChI is InChI=1S/C19H19N5/c1-2-6-15(7-3-1)19-22-17(16-8-4-5-9-21-16)14-18(23-19)24-12-10-20-11-13-24/h1-9,14,20H,10-13H2. The molecule has 2 aromatic heterocycles. The van der Waals surface area contributed by atoms with Gasteiger partial charge >= 0.3 is 0 Å². The number of hydrogen-bond acceptors (Lipinski definition) is 5. The molecule has 1 N–H and O–H groups in total. The van der Waals surface area contributed by atoms with Crippen molar-refractivity contribution in [2.75, 3.05) is 31.1 Å². The number of pyridine rings is 1. The Morgan fingerprint density at radius 3 is 2.38 bits per heavy atom. The zero-order valence-electron chi connectivity index (χ0n) is 13.4. The molecule has 4 rings (SSSR count). The van der Waals surface area contributed by atoms with E-state index in [4.69, 9.17) is 9.97 Å². The first-order chi connectivity index (χ1) is 11.9. The molecule has 24 heavy (non-hydrogen) atoms. The molecular weight excluding hydrogens is 298 g/mol. The maximum Gasteiger partial charge on any atom is 0.162 e. The Morgan fingerprint density at radius 1 is 0.833 bits per heavy atom. The topological polar surface area (TPSA) is 53.9 Å². The fraction of sp³-hybridized carbons (Fsp3) is 0.211. The van der Waals surface area contributed by atoms with E-state index in [-0.39, 0.29) is 0 Å². The van der Waals surface area contributed by atoms with Gasteiger partial charge in [-0.05, 0) is 12.1 Å². The molecule has 0 radical (unpaired) electrons. The summed E-state index contributed by atoms with van der Waals surface area (Å²) in [6.45, 7) is 3.85. The highest BCUT2D eigenvalue weighted by molar-refractivity contribution is 5.65. The number of aromatic nitrogens is 3. The van der Waals surface area contributed by atoms with Gasteiger partial charge in [-0.15, -0.1) is 0 Å². The molecule has 0 bridgehead atoms. The van der Waals surface area contributed by atoms with E-state index in [2.05, 4.69) is 15.2 Å². The summed E-state index contributed by atoms with van der Waals surface area (Å²) in [5.41, 5.74) is 2.75. The van der Waals surface area contributed by atoms with Crippen molar-refractivity contribution in [2.45, 2.75) is 0 Å². The molecule has 3 aromatic rings. The van der Waals surface area contributed by atoms with E-state index >= 15 is 0 Å². The van der Waals surface area contributed by atoms with Crippen LogP contribution >= 0.6 is 0 Å². The summed E-state index contributed by atoms with van der Waals surface area (Å²) in [5.74, 6) is 1.71. The normalized spacial score (nSPS) is 14.6. The predicted molar refractivity (Wildman–Crippen MR) is 95.8 cm³/mol. The lowest BCUT2D eigenvalue weighted by Gasteiger charge is -2.28. The highest BCUT2D eigenvalue weighted by Crippen LogP contribution is 2.25. The molecule has 120 valence electrons. The summed E-state index contributed by atoms with van der Waals surface area (Å²) in [5, 5.41) is 3.38. The molecule has 3 heterocycles. The zero-order chi connectivity index (χ0) is 16.2. The second-order valence-corrected chi connectivity index (χ2v) is 5.75. The van der Waals surface area contributed by atoms with Gasteiger partial charge in [-0.3, -0.25) is 4.98 Å². The molecule has 0 atom stereocenters. The lowest BCUT2D eigenvalue weighted by molar-refractivity contribution is 0.585. The minimum atomic E-state index is 0.743. The number of nitrogens with zero attached hydrogens (tertiary/aromatic N) is 4. The molecule has 1 aliphatic heterocycles. The van der Waals surface area contributed by atoms with Crippen LogP contribution in [0.3, 0.4) is 0 Å². The Kier molecular flexibility index (Phi) is 4.16. The molecule has 0 amide bonds. The van der Waals surface area contributed by atoms with Crippen LogP contribution in [0.5, 0.6) is 0 Å². The van der Waals surface area contributed by atoms with Gasteiger partial charge in [0.1, 0.15) is 5.82 Å². The molecule has 1 fully saturated rings. The minimum Gasteiger partial charge on any atom is -0.354 e. The third-order valence-corrected chi connectivity index (χ3v) is 4.11. The zero-order valence-corrected chi connectivity index (χ0v) is 13.4. The first-order valence-corrected chi connectivity index (χ1v) is 8.22. The summed E-state index contributed by atoms with van der Waals surface area (Å²) in [6, 6.07) is 18.0. The first kappa shape index (κ1) is 14.8. The van der Waals surface area contributed by atoms with E-state index in [0.717, 1.165) is 54.8 Å². The van der Waals surface area contributed by atoms with Crippen molar-refractivity contribution >= 4 is 5.82 Å². The lowest BCUT2D eigenvalue weighted by Crippen LogP contribution is -2.44. The number of anilines is 1. The highest BCUT2D eigenvalue weighted by Gasteiger charge is 2.16. The van der Waals surface area contributed by atoms with Crippen molar-refractivity contribution in [2.24, 2.45) is 0 Å². The van der Waals surface area contributed by atoms with Gasteiger partial charge in [0, 0.05) is 44.0 Å². The van der Waals surface area contributed by atoms with E-state index in [0.29, 0.717) is 0 Å². The highest BCUT2D eigenvalue weighted by atomic mass is 15.2. The van der Waals surface area contributed by atoms with Crippen molar-refractivity contribution in [3.8, 4) is 22.8 Å². The van der Waals surface area contributed by atoms with Gasteiger partial charge in [0.15, 0.2) is 5.82 Å². The Bertz CT molecular complexity index is 741. The first-order valence-electron chi connectivity index (χ1n) is 8.22. The van der Waals surface area contributed by atoms with Crippen LogP contribution in [0.4, 0.5) is 5.82 Å². The molecule has 0 saturated carbocycles. The van der Waals surface area contributed by atoms with Crippen LogP contribution in [-0.4, -0.2) is 41.1 Å². The van der Waals surface area contributed by atoms with Crippen LogP contribution in [0.15, 0.2) is 60.8 Å². The van der Waals surface area contributed by atoms with E-state index in [1.54, 1.807) is 6.20 Å². The number of piperazine rings is 1. The van der Waals surface area contributed by atoms with Crippen LogP contribution in [0.2, 0.25) is 0 Å². The fourth-order valence-corrected chi connectivity index (χ4v) is 2.85.